The summed E-state index contributed by atoms with van der Waals surface area (Å²) in [6.07, 6.45) is 5.76. The standard InChI is InChI=1S/C31H41N5O3/c1-22-29(23(2)33-21-32-22)30(38)35-16-25-14-34(15-26(25)17-35)11-10-31(27-6-4-3-5-7-27)19-36(20-31)28(18-37)24-8-12-39-13-9-24/h3-7,18,21,24-26,28H,8-17,19-20H2,1-2H3. The third-order valence-electron chi connectivity index (χ3n) is 9.90. The van der Waals surface area contributed by atoms with Crippen molar-refractivity contribution in [3.05, 3.63) is 59.2 Å². The number of carbonyl (C=O) groups excluding carboxylic acids is 2. The van der Waals surface area contributed by atoms with Gasteiger partial charge in [-0.05, 0) is 63.0 Å². The van der Waals surface area contributed by atoms with E-state index >= 15 is 0 Å². The van der Waals surface area contributed by atoms with Crippen molar-refractivity contribution in [1.82, 2.24) is 24.7 Å². The molecule has 4 aliphatic rings. The van der Waals surface area contributed by atoms with E-state index in [0.717, 1.165) is 89.7 Å². The van der Waals surface area contributed by atoms with Crippen molar-refractivity contribution in [2.24, 2.45) is 17.8 Å². The molecule has 3 unspecified atom stereocenters. The smallest absolute Gasteiger partial charge is 0.257 e. The Kier molecular flexibility index (Phi) is 7.53. The molecule has 39 heavy (non-hydrogen) atoms. The Morgan fingerprint density at radius 2 is 1.67 bits per heavy atom. The number of rotatable bonds is 8. The number of carbonyl (C=O) groups is 2. The predicted molar refractivity (Wildman–Crippen MR) is 149 cm³/mol. The average molecular weight is 532 g/mol. The number of aryl methyl sites for hydroxylation is 2. The van der Waals surface area contributed by atoms with E-state index in [-0.39, 0.29) is 17.4 Å². The third-order valence-corrected chi connectivity index (χ3v) is 9.90. The number of likely N-dealkylation sites (tertiary alicyclic amines) is 3. The average Bonchev–Trinajstić information content (AvgIpc) is 3.50. The van der Waals surface area contributed by atoms with Gasteiger partial charge in [0, 0.05) is 57.9 Å². The van der Waals surface area contributed by atoms with E-state index in [1.165, 1.54) is 18.2 Å². The molecule has 0 saturated carbocycles. The van der Waals surface area contributed by atoms with Gasteiger partial charge in [-0.3, -0.25) is 9.69 Å². The lowest BCUT2D eigenvalue weighted by atomic mass is 9.69. The first kappa shape index (κ1) is 26.5. The fourth-order valence-corrected chi connectivity index (χ4v) is 7.64. The Bertz CT molecular complexity index is 1140. The number of nitrogens with zero attached hydrogens (tertiary/aromatic N) is 5. The molecule has 3 atom stereocenters. The van der Waals surface area contributed by atoms with Crippen LogP contribution in [0.15, 0.2) is 36.7 Å². The fourth-order valence-electron chi connectivity index (χ4n) is 7.64. The summed E-state index contributed by atoms with van der Waals surface area (Å²) >= 11 is 0. The van der Waals surface area contributed by atoms with Gasteiger partial charge in [-0.25, -0.2) is 9.97 Å². The normalized spacial score (nSPS) is 26.3. The van der Waals surface area contributed by atoms with E-state index in [2.05, 4.69) is 50.1 Å². The van der Waals surface area contributed by atoms with Gasteiger partial charge in [-0.1, -0.05) is 30.3 Å². The van der Waals surface area contributed by atoms with E-state index in [9.17, 15) is 9.59 Å². The number of fused-ring (bicyclic) bond motifs is 1. The zero-order chi connectivity index (χ0) is 27.0. The van der Waals surface area contributed by atoms with Crippen LogP contribution < -0.4 is 0 Å². The second kappa shape index (κ2) is 11.1. The molecule has 5 heterocycles. The molecule has 208 valence electrons. The van der Waals surface area contributed by atoms with Crippen molar-refractivity contribution in [2.75, 3.05) is 59.0 Å². The molecule has 1 aromatic carbocycles. The molecular formula is C31H41N5O3. The summed E-state index contributed by atoms with van der Waals surface area (Å²) in [5.74, 6) is 1.54. The molecule has 4 fully saturated rings. The first-order chi connectivity index (χ1) is 19.0. The van der Waals surface area contributed by atoms with Crippen molar-refractivity contribution >= 4 is 12.2 Å². The summed E-state index contributed by atoms with van der Waals surface area (Å²) in [7, 11) is 0. The Morgan fingerprint density at radius 3 is 2.28 bits per heavy atom. The molecule has 0 aliphatic carbocycles. The highest BCUT2D eigenvalue weighted by Crippen LogP contribution is 2.42. The van der Waals surface area contributed by atoms with Crippen molar-refractivity contribution < 1.29 is 14.3 Å². The van der Waals surface area contributed by atoms with Crippen molar-refractivity contribution in [3.63, 3.8) is 0 Å². The lowest BCUT2D eigenvalue weighted by molar-refractivity contribution is -0.121. The minimum atomic E-state index is 0.00249. The molecule has 8 nitrogen and oxygen atoms in total. The molecule has 2 aromatic rings. The molecule has 0 bridgehead atoms. The van der Waals surface area contributed by atoms with Crippen LogP contribution in [0, 0.1) is 31.6 Å². The first-order valence-electron chi connectivity index (χ1n) is 14.6. The van der Waals surface area contributed by atoms with Crippen molar-refractivity contribution in [1.29, 1.82) is 0 Å². The van der Waals surface area contributed by atoms with Gasteiger partial charge in [-0.15, -0.1) is 0 Å². The molecule has 0 radical (unpaired) electrons. The predicted octanol–water partition coefficient (Wildman–Crippen LogP) is 2.74. The molecule has 8 heteroatoms. The zero-order valence-electron chi connectivity index (χ0n) is 23.3. The second-order valence-corrected chi connectivity index (χ2v) is 12.3. The summed E-state index contributed by atoms with van der Waals surface area (Å²) in [6, 6.07) is 10.9. The minimum Gasteiger partial charge on any atom is -0.381 e. The Morgan fingerprint density at radius 1 is 1.03 bits per heavy atom. The molecular weight excluding hydrogens is 490 g/mol. The maximum atomic E-state index is 13.3. The quantitative estimate of drug-likeness (QED) is 0.485. The van der Waals surface area contributed by atoms with Crippen LogP contribution in [-0.4, -0.2) is 102 Å². The largest absolute Gasteiger partial charge is 0.381 e. The van der Waals surface area contributed by atoms with Gasteiger partial charge in [0.25, 0.3) is 5.91 Å². The number of ether oxygens (including phenoxy) is 1. The van der Waals surface area contributed by atoms with Gasteiger partial charge in [0.2, 0.25) is 0 Å². The highest BCUT2D eigenvalue weighted by atomic mass is 16.5. The Hall–Kier alpha value is -2.68. The lowest BCUT2D eigenvalue weighted by Crippen LogP contribution is -2.65. The number of aromatic nitrogens is 2. The molecule has 1 amide bonds. The summed E-state index contributed by atoms with van der Waals surface area (Å²) in [4.78, 5) is 41.0. The first-order valence-corrected chi connectivity index (χ1v) is 14.6. The Labute approximate surface area is 231 Å². The van der Waals surface area contributed by atoms with Crippen LogP contribution in [0.25, 0.3) is 0 Å². The molecule has 1 aromatic heterocycles. The summed E-state index contributed by atoms with van der Waals surface area (Å²) in [5, 5.41) is 0. The van der Waals surface area contributed by atoms with Gasteiger partial charge >= 0.3 is 0 Å². The molecule has 0 N–H and O–H groups in total. The number of benzene rings is 1. The maximum absolute atomic E-state index is 13.3. The van der Waals surface area contributed by atoms with Crippen LogP contribution in [0.5, 0.6) is 0 Å². The SMILES string of the molecule is Cc1ncnc(C)c1C(=O)N1CC2CN(CCC3(c4ccccc4)CN(C(C=O)C4CCOCC4)C3)CC2C1. The van der Waals surface area contributed by atoms with Crippen LogP contribution >= 0.6 is 0 Å². The maximum Gasteiger partial charge on any atom is 0.257 e. The highest BCUT2D eigenvalue weighted by Gasteiger charge is 2.49. The highest BCUT2D eigenvalue weighted by molar-refractivity contribution is 5.96. The second-order valence-electron chi connectivity index (χ2n) is 12.3. The van der Waals surface area contributed by atoms with E-state index in [1.807, 2.05) is 18.7 Å². The molecule has 4 aliphatic heterocycles. The minimum absolute atomic E-state index is 0.00249. The van der Waals surface area contributed by atoms with Gasteiger partial charge in [-0.2, -0.15) is 0 Å². The van der Waals surface area contributed by atoms with Gasteiger partial charge < -0.3 is 19.3 Å². The van der Waals surface area contributed by atoms with Crippen LogP contribution in [0.2, 0.25) is 0 Å². The number of aldehydes is 1. The van der Waals surface area contributed by atoms with Crippen LogP contribution in [-0.2, 0) is 14.9 Å². The van der Waals surface area contributed by atoms with Crippen molar-refractivity contribution in [3.8, 4) is 0 Å². The van der Waals surface area contributed by atoms with E-state index in [1.54, 1.807) is 0 Å². The van der Waals surface area contributed by atoms with Crippen molar-refractivity contribution in [2.45, 2.75) is 44.6 Å². The van der Waals surface area contributed by atoms with Gasteiger partial charge in [0.05, 0.1) is 23.0 Å². The number of amides is 1. The molecule has 6 rings (SSSR count). The topological polar surface area (TPSA) is 78.9 Å². The fraction of sp³-hybridized carbons (Fsp3) is 0.613. The Balaban J connectivity index is 1.07. The van der Waals surface area contributed by atoms with Crippen LogP contribution in [0.1, 0.15) is 46.6 Å². The summed E-state index contributed by atoms with van der Waals surface area (Å²) < 4.78 is 5.55. The summed E-state index contributed by atoms with van der Waals surface area (Å²) in [5.41, 5.74) is 3.68. The summed E-state index contributed by atoms with van der Waals surface area (Å²) in [6.45, 7) is 12.0. The van der Waals surface area contributed by atoms with Crippen LogP contribution in [0.4, 0.5) is 0 Å². The number of hydrogen-bond acceptors (Lipinski definition) is 7. The number of hydrogen-bond donors (Lipinski definition) is 0. The van der Waals surface area contributed by atoms with E-state index in [4.69, 9.17) is 4.74 Å². The van der Waals surface area contributed by atoms with Crippen LogP contribution in [0.3, 0.4) is 0 Å². The third kappa shape index (κ3) is 5.14. The van der Waals surface area contributed by atoms with Gasteiger partial charge in [0.1, 0.15) is 12.6 Å². The van der Waals surface area contributed by atoms with E-state index in [0.29, 0.717) is 23.3 Å². The monoisotopic (exact) mass is 531 g/mol. The lowest BCUT2D eigenvalue weighted by Gasteiger charge is -2.54. The zero-order valence-corrected chi connectivity index (χ0v) is 23.3. The van der Waals surface area contributed by atoms with Gasteiger partial charge in [0.15, 0.2) is 0 Å². The van der Waals surface area contributed by atoms with E-state index < -0.39 is 0 Å². The molecule has 4 saturated heterocycles. The molecule has 0 spiro atoms.